The molecule has 0 bridgehead atoms. The van der Waals surface area contributed by atoms with Crippen molar-refractivity contribution >= 4 is 37.7 Å². The first-order valence-electron chi connectivity index (χ1n) is 0. The summed E-state index contributed by atoms with van der Waals surface area (Å²) in [5, 5.41) is 0. The molecule has 0 amide bonds. The van der Waals surface area contributed by atoms with Gasteiger partial charge in [-0.2, -0.15) is 0 Å². The smallest absolute Gasteiger partial charge is 0.870 e. The van der Waals surface area contributed by atoms with Crippen molar-refractivity contribution in [2.45, 2.75) is 0 Å². The first kappa shape index (κ1) is 67.8. The molecule has 4 heteroatoms. The van der Waals surface area contributed by atoms with Gasteiger partial charge in [0.1, 0.15) is 0 Å². The molecule has 0 heterocycles. The van der Waals surface area contributed by atoms with Crippen molar-refractivity contribution in [2.24, 2.45) is 0 Å². The normalized spacial score (nSPS) is 0. The Labute approximate surface area is 54.6 Å². The van der Waals surface area contributed by atoms with Gasteiger partial charge in [-0.15, -0.1) is 0 Å². The van der Waals surface area contributed by atoms with Gasteiger partial charge >= 0.3 is 37.7 Å². The number of hydrogen-bond acceptors (Lipinski definition) is 2. The molecule has 3 nitrogen and oxygen atoms in total. The summed E-state index contributed by atoms with van der Waals surface area (Å²) >= 11 is 0. The maximum Gasteiger partial charge on any atom is 1.00 e. The van der Waals surface area contributed by atoms with Gasteiger partial charge in [0.25, 0.3) is 0 Å². The van der Waals surface area contributed by atoms with Crippen LogP contribution in [0.4, 0.5) is 0 Å². The molecule has 0 saturated heterocycles. The second kappa shape index (κ2) is 31.4. The van der Waals surface area contributed by atoms with E-state index in [9.17, 15) is 0 Å². The SMILES string of the molecule is N.O.[Ca+].[OH-]. The quantitative estimate of drug-likeness (QED) is 0.379. The minimum absolute atomic E-state index is 0. The number of hydrogen-bond donors (Lipinski definition) is 1. The zero-order valence-corrected chi connectivity index (χ0v) is 4.57. The minimum atomic E-state index is 0. The van der Waals surface area contributed by atoms with E-state index in [1.807, 2.05) is 0 Å². The summed E-state index contributed by atoms with van der Waals surface area (Å²) in [5.74, 6) is 0. The molecule has 25 valence electrons. The summed E-state index contributed by atoms with van der Waals surface area (Å²) in [4.78, 5) is 0. The van der Waals surface area contributed by atoms with Gasteiger partial charge in [-0.25, -0.2) is 0 Å². The topological polar surface area (TPSA) is 96.5 Å². The van der Waals surface area contributed by atoms with Gasteiger partial charge in [-0.1, -0.05) is 0 Å². The number of rotatable bonds is 0. The third-order valence-electron chi connectivity index (χ3n) is 0. The summed E-state index contributed by atoms with van der Waals surface area (Å²) in [6.07, 6.45) is 0. The van der Waals surface area contributed by atoms with Gasteiger partial charge < -0.3 is 17.1 Å². The zero-order chi connectivity index (χ0) is 0. The Morgan fingerprint density at radius 2 is 1.00 bits per heavy atom. The second-order valence-electron chi connectivity index (χ2n) is 0. The third kappa shape index (κ3) is 11.1. The van der Waals surface area contributed by atoms with Gasteiger partial charge in [-0.3, -0.25) is 0 Å². The van der Waals surface area contributed by atoms with E-state index in [2.05, 4.69) is 0 Å². The van der Waals surface area contributed by atoms with Gasteiger partial charge in [-0.05, 0) is 0 Å². The van der Waals surface area contributed by atoms with E-state index in [-0.39, 0.29) is 54.8 Å². The van der Waals surface area contributed by atoms with Crippen molar-refractivity contribution in [1.82, 2.24) is 6.15 Å². The molecule has 0 aliphatic heterocycles. The molecule has 0 fully saturated rings. The van der Waals surface area contributed by atoms with Crippen molar-refractivity contribution in [1.29, 1.82) is 0 Å². The zero-order valence-electron chi connectivity index (χ0n) is 2.36. The van der Waals surface area contributed by atoms with E-state index in [1.54, 1.807) is 0 Å². The Morgan fingerprint density at radius 3 is 1.00 bits per heavy atom. The predicted octanol–water partition coefficient (Wildman–Crippen LogP) is -1.22. The predicted molar refractivity (Wildman–Crippen MR) is 16.3 cm³/mol. The average Bonchev–Trinajstić information content (AvgIpc) is 0. The summed E-state index contributed by atoms with van der Waals surface area (Å²) < 4.78 is 0. The molecule has 0 aromatic carbocycles. The molecule has 0 unspecified atom stereocenters. The first-order valence-corrected chi connectivity index (χ1v) is 0. The van der Waals surface area contributed by atoms with Crippen LogP contribution in [0, 0.1) is 0 Å². The largest absolute Gasteiger partial charge is 1.00 e. The monoisotopic (exact) mass is 92.0 g/mol. The van der Waals surface area contributed by atoms with Crippen LogP contribution in [0.15, 0.2) is 0 Å². The maximum atomic E-state index is 0. The van der Waals surface area contributed by atoms with E-state index >= 15 is 0 Å². The molecule has 0 aromatic heterocycles. The van der Waals surface area contributed by atoms with E-state index in [1.165, 1.54) is 0 Å². The molecule has 0 aliphatic carbocycles. The Morgan fingerprint density at radius 1 is 1.00 bits per heavy atom. The van der Waals surface area contributed by atoms with Gasteiger partial charge in [0, 0.05) is 0 Å². The molecule has 0 spiro atoms. The molecule has 1 radical (unpaired) electrons. The van der Waals surface area contributed by atoms with E-state index in [4.69, 9.17) is 0 Å². The van der Waals surface area contributed by atoms with Gasteiger partial charge in [0.15, 0.2) is 0 Å². The van der Waals surface area contributed by atoms with E-state index in [0.29, 0.717) is 0 Å². The molecule has 4 heavy (non-hydrogen) atoms. The molecule has 0 rings (SSSR count). The molecule has 0 saturated carbocycles. The molecule has 0 aromatic rings. The molecular weight excluding hydrogens is 86.1 g/mol. The Balaban J connectivity index is 0. The summed E-state index contributed by atoms with van der Waals surface area (Å²) in [6, 6.07) is 0. The van der Waals surface area contributed by atoms with Crippen LogP contribution in [-0.2, 0) is 0 Å². The molecule has 0 aliphatic rings. The van der Waals surface area contributed by atoms with Crippen molar-refractivity contribution in [2.75, 3.05) is 0 Å². The van der Waals surface area contributed by atoms with E-state index < -0.39 is 0 Å². The van der Waals surface area contributed by atoms with Crippen molar-refractivity contribution in [3.8, 4) is 0 Å². The molecule has 6 N–H and O–H groups in total. The third-order valence-corrected chi connectivity index (χ3v) is 0. The molecular formula is H6CaNO2. The Kier molecular flexibility index (Phi) is 533. The van der Waals surface area contributed by atoms with Gasteiger partial charge in [0.05, 0.1) is 0 Å². The first-order chi connectivity index (χ1) is 0. The summed E-state index contributed by atoms with van der Waals surface area (Å²) in [5.41, 5.74) is 0. The molecule has 0 atom stereocenters. The van der Waals surface area contributed by atoms with Crippen molar-refractivity contribution in [3.63, 3.8) is 0 Å². The van der Waals surface area contributed by atoms with Crippen LogP contribution >= 0.6 is 0 Å². The maximum absolute atomic E-state index is 0. The van der Waals surface area contributed by atoms with Crippen LogP contribution in [0.5, 0.6) is 0 Å². The summed E-state index contributed by atoms with van der Waals surface area (Å²) in [6.45, 7) is 0. The Hall–Kier alpha value is 1.14. The fourth-order valence-electron chi connectivity index (χ4n) is 0. The van der Waals surface area contributed by atoms with Crippen LogP contribution in [0.3, 0.4) is 0 Å². The second-order valence-corrected chi connectivity index (χ2v) is 0. The van der Waals surface area contributed by atoms with E-state index in [0.717, 1.165) is 0 Å². The van der Waals surface area contributed by atoms with Crippen LogP contribution in [-0.4, -0.2) is 48.7 Å². The average molecular weight is 92.1 g/mol. The minimum Gasteiger partial charge on any atom is -0.870 e. The van der Waals surface area contributed by atoms with Gasteiger partial charge in [0.2, 0.25) is 0 Å². The fourth-order valence-corrected chi connectivity index (χ4v) is 0. The van der Waals surface area contributed by atoms with Crippen LogP contribution in [0.25, 0.3) is 0 Å². The van der Waals surface area contributed by atoms with Crippen LogP contribution in [0.1, 0.15) is 0 Å². The van der Waals surface area contributed by atoms with Crippen molar-refractivity contribution in [3.05, 3.63) is 0 Å². The van der Waals surface area contributed by atoms with Crippen molar-refractivity contribution < 1.29 is 11.0 Å². The summed E-state index contributed by atoms with van der Waals surface area (Å²) in [7, 11) is 0. The van der Waals surface area contributed by atoms with Crippen LogP contribution in [0.2, 0.25) is 0 Å². The standard InChI is InChI=1S/Ca.H3N.2H2O/h;1H3;2*1H2/q+1;;;/p-1. The fraction of sp³-hybridized carbons (Fsp3) is 0. The van der Waals surface area contributed by atoms with Crippen LogP contribution < -0.4 is 6.15 Å². The Bertz CT molecular complexity index is 6.00.